The smallest absolute Gasteiger partial charge is 0.230 e. The quantitative estimate of drug-likeness (QED) is 0.395. The van der Waals surface area contributed by atoms with Gasteiger partial charge in [-0.05, 0) is 36.0 Å². The van der Waals surface area contributed by atoms with Crippen molar-refractivity contribution in [2.45, 2.75) is 51.4 Å². The fourth-order valence-corrected chi connectivity index (χ4v) is 3.97. The van der Waals surface area contributed by atoms with Gasteiger partial charge in [0.25, 0.3) is 0 Å². The predicted molar refractivity (Wildman–Crippen MR) is 129 cm³/mol. The Hall–Kier alpha value is -2.80. The number of amides is 1. The summed E-state index contributed by atoms with van der Waals surface area (Å²) in [6.07, 6.45) is 1.00. The van der Waals surface area contributed by atoms with Crippen LogP contribution in [0.5, 0.6) is 5.75 Å². The van der Waals surface area contributed by atoms with Gasteiger partial charge in [-0.15, -0.1) is 10.2 Å². The minimum absolute atomic E-state index is 0.00160. The van der Waals surface area contributed by atoms with E-state index in [1.807, 2.05) is 48.5 Å². The van der Waals surface area contributed by atoms with Gasteiger partial charge in [-0.1, -0.05) is 81.1 Å². The minimum Gasteiger partial charge on any atom is -0.486 e. The summed E-state index contributed by atoms with van der Waals surface area (Å²) in [6, 6.07) is 19.9. The molecule has 0 aliphatic carbocycles. The molecule has 7 heteroatoms. The number of benzene rings is 2. The van der Waals surface area contributed by atoms with E-state index in [9.17, 15) is 4.79 Å². The van der Waals surface area contributed by atoms with Crippen molar-refractivity contribution in [1.82, 2.24) is 20.1 Å². The third kappa shape index (κ3) is 7.41. The van der Waals surface area contributed by atoms with Crippen molar-refractivity contribution in [2.24, 2.45) is 5.92 Å². The SMILES string of the molecule is CC(C)CCn1c(COc2ccccc2)nnc1SCC(=O)NCC(C)c1ccccc1. The molecule has 3 rings (SSSR count). The highest BCUT2D eigenvalue weighted by molar-refractivity contribution is 7.99. The number of ether oxygens (including phenoxy) is 1. The maximum Gasteiger partial charge on any atom is 0.230 e. The standard InChI is InChI=1S/C25H32N4O2S/c1-19(2)14-15-29-23(17-31-22-12-8-5-9-13-22)27-28-25(29)32-18-24(30)26-16-20(3)21-10-6-4-7-11-21/h4-13,19-20H,14-18H2,1-3H3,(H,26,30). The molecule has 32 heavy (non-hydrogen) atoms. The van der Waals surface area contributed by atoms with E-state index in [-0.39, 0.29) is 11.8 Å². The monoisotopic (exact) mass is 452 g/mol. The summed E-state index contributed by atoms with van der Waals surface area (Å²) >= 11 is 1.42. The van der Waals surface area contributed by atoms with Crippen molar-refractivity contribution < 1.29 is 9.53 Å². The van der Waals surface area contributed by atoms with Crippen molar-refractivity contribution in [3.05, 3.63) is 72.1 Å². The molecule has 1 aromatic heterocycles. The van der Waals surface area contributed by atoms with Gasteiger partial charge in [0.2, 0.25) is 5.91 Å². The number of carbonyl (C=O) groups is 1. The summed E-state index contributed by atoms with van der Waals surface area (Å²) in [4.78, 5) is 12.4. The van der Waals surface area contributed by atoms with Gasteiger partial charge in [0.1, 0.15) is 12.4 Å². The third-order valence-electron chi connectivity index (χ3n) is 5.14. The van der Waals surface area contributed by atoms with E-state index < -0.39 is 0 Å². The molecule has 0 bridgehead atoms. The molecule has 0 saturated carbocycles. The molecule has 1 amide bonds. The fourth-order valence-electron chi connectivity index (χ4n) is 3.16. The molecule has 1 N–H and O–H groups in total. The first-order valence-corrected chi connectivity index (χ1v) is 12.1. The zero-order valence-electron chi connectivity index (χ0n) is 19.0. The normalized spacial score (nSPS) is 12.0. The molecule has 1 atom stereocenters. The Bertz CT molecular complexity index is 961. The molecular weight excluding hydrogens is 420 g/mol. The highest BCUT2D eigenvalue weighted by atomic mass is 32.2. The van der Waals surface area contributed by atoms with Crippen molar-refractivity contribution in [3.63, 3.8) is 0 Å². The van der Waals surface area contributed by atoms with E-state index in [0.717, 1.165) is 29.7 Å². The maximum absolute atomic E-state index is 12.4. The lowest BCUT2D eigenvalue weighted by Gasteiger charge is -2.14. The number of thioether (sulfide) groups is 1. The van der Waals surface area contributed by atoms with E-state index >= 15 is 0 Å². The van der Waals surface area contributed by atoms with Crippen LogP contribution in [0.2, 0.25) is 0 Å². The van der Waals surface area contributed by atoms with Gasteiger partial charge < -0.3 is 14.6 Å². The highest BCUT2D eigenvalue weighted by Gasteiger charge is 2.16. The molecule has 2 aromatic carbocycles. The van der Waals surface area contributed by atoms with Crippen LogP contribution >= 0.6 is 11.8 Å². The Labute approximate surface area is 194 Å². The van der Waals surface area contributed by atoms with Gasteiger partial charge in [-0.3, -0.25) is 4.79 Å². The molecule has 0 saturated heterocycles. The zero-order chi connectivity index (χ0) is 22.8. The summed E-state index contributed by atoms with van der Waals surface area (Å²) in [6.45, 7) is 8.25. The lowest BCUT2D eigenvalue weighted by molar-refractivity contribution is -0.118. The average Bonchev–Trinajstić information content (AvgIpc) is 3.21. The second kappa shape index (κ2) is 12.3. The first-order chi connectivity index (χ1) is 15.5. The number of aromatic nitrogens is 3. The first kappa shape index (κ1) is 23.9. The lowest BCUT2D eigenvalue weighted by Crippen LogP contribution is -2.29. The summed E-state index contributed by atoms with van der Waals surface area (Å²) in [5, 5.41) is 12.5. The van der Waals surface area contributed by atoms with Crippen LogP contribution in [0, 0.1) is 5.92 Å². The molecule has 0 radical (unpaired) electrons. The van der Waals surface area contributed by atoms with Gasteiger partial charge >= 0.3 is 0 Å². The molecule has 1 unspecified atom stereocenters. The minimum atomic E-state index is -0.00160. The van der Waals surface area contributed by atoms with E-state index in [2.05, 4.69) is 53.0 Å². The van der Waals surface area contributed by atoms with Gasteiger partial charge in [0, 0.05) is 13.1 Å². The number of rotatable bonds is 12. The van der Waals surface area contributed by atoms with Crippen molar-refractivity contribution in [2.75, 3.05) is 12.3 Å². The van der Waals surface area contributed by atoms with Crippen LogP contribution < -0.4 is 10.1 Å². The largest absolute Gasteiger partial charge is 0.486 e. The molecule has 1 heterocycles. The number of nitrogens with one attached hydrogen (secondary N) is 1. The average molecular weight is 453 g/mol. The van der Waals surface area contributed by atoms with E-state index in [1.54, 1.807) is 0 Å². The first-order valence-electron chi connectivity index (χ1n) is 11.1. The highest BCUT2D eigenvalue weighted by Crippen LogP contribution is 2.20. The van der Waals surface area contributed by atoms with Crippen LogP contribution in [0.3, 0.4) is 0 Å². The van der Waals surface area contributed by atoms with Crippen LogP contribution in [0.1, 0.15) is 44.5 Å². The number of nitrogens with zero attached hydrogens (tertiary/aromatic N) is 3. The summed E-state index contributed by atoms with van der Waals surface area (Å²) < 4.78 is 7.95. The maximum atomic E-state index is 12.4. The van der Waals surface area contributed by atoms with Crippen molar-refractivity contribution in [3.8, 4) is 5.75 Å². The fraction of sp³-hybridized carbons (Fsp3) is 0.400. The predicted octanol–water partition coefficient (Wildman–Crippen LogP) is 4.92. The van der Waals surface area contributed by atoms with Gasteiger partial charge in [-0.25, -0.2) is 0 Å². The van der Waals surface area contributed by atoms with Gasteiger partial charge in [-0.2, -0.15) is 0 Å². The molecule has 3 aromatic rings. The molecular formula is C25H32N4O2S. The molecule has 0 aliphatic rings. The Balaban J connectivity index is 1.55. The van der Waals surface area contributed by atoms with Crippen molar-refractivity contribution in [1.29, 1.82) is 0 Å². The summed E-state index contributed by atoms with van der Waals surface area (Å²) in [5.74, 6) is 2.70. The molecule has 0 aliphatic heterocycles. The van der Waals surface area contributed by atoms with E-state index in [4.69, 9.17) is 4.74 Å². The Morgan fingerprint density at radius 2 is 1.72 bits per heavy atom. The second-order valence-electron chi connectivity index (χ2n) is 8.24. The summed E-state index contributed by atoms with van der Waals surface area (Å²) in [5.41, 5.74) is 1.22. The number of para-hydroxylation sites is 1. The zero-order valence-corrected chi connectivity index (χ0v) is 19.8. The Morgan fingerprint density at radius 3 is 2.41 bits per heavy atom. The number of hydrogen-bond acceptors (Lipinski definition) is 5. The third-order valence-corrected chi connectivity index (χ3v) is 6.11. The van der Waals surface area contributed by atoms with Crippen molar-refractivity contribution >= 4 is 17.7 Å². The number of carbonyl (C=O) groups excluding carboxylic acids is 1. The van der Waals surface area contributed by atoms with Gasteiger partial charge in [0.05, 0.1) is 5.75 Å². The number of hydrogen-bond donors (Lipinski definition) is 1. The lowest BCUT2D eigenvalue weighted by atomic mass is 10.0. The molecule has 0 fully saturated rings. The van der Waals surface area contributed by atoms with Crippen LogP contribution in [-0.4, -0.2) is 33.0 Å². The van der Waals surface area contributed by atoms with Crippen LogP contribution in [-0.2, 0) is 17.9 Å². The molecule has 170 valence electrons. The van der Waals surface area contributed by atoms with E-state index in [0.29, 0.717) is 24.8 Å². The topological polar surface area (TPSA) is 69.0 Å². The molecule has 0 spiro atoms. The van der Waals surface area contributed by atoms with Crippen LogP contribution in [0.4, 0.5) is 0 Å². The van der Waals surface area contributed by atoms with E-state index in [1.165, 1.54) is 17.3 Å². The van der Waals surface area contributed by atoms with Crippen LogP contribution in [0.25, 0.3) is 0 Å². The van der Waals surface area contributed by atoms with Crippen LogP contribution in [0.15, 0.2) is 65.8 Å². The van der Waals surface area contributed by atoms with Gasteiger partial charge in [0.15, 0.2) is 11.0 Å². The summed E-state index contributed by atoms with van der Waals surface area (Å²) in [7, 11) is 0. The Kier molecular flexibility index (Phi) is 9.16. The molecule has 6 nitrogen and oxygen atoms in total. The second-order valence-corrected chi connectivity index (χ2v) is 9.18. The Morgan fingerprint density at radius 1 is 1.03 bits per heavy atom.